The van der Waals surface area contributed by atoms with Crippen molar-refractivity contribution in [2.75, 3.05) is 18.5 Å². The molecular formula is C20H15BrClN3O3. The van der Waals surface area contributed by atoms with E-state index in [0.717, 1.165) is 0 Å². The van der Waals surface area contributed by atoms with E-state index in [4.69, 9.17) is 26.3 Å². The first-order valence-electron chi connectivity index (χ1n) is 8.13. The van der Waals surface area contributed by atoms with Gasteiger partial charge in [-0.3, -0.25) is 4.79 Å². The molecule has 8 heteroatoms. The zero-order chi connectivity index (χ0) is 20.5. The molecule has 1 amide bonds. The van der Waals surface area contributed by atoms with Gasteiger partial charge in [0.15, 0.2) is 18.1 Å². The number of nitrogens with one attached hydrogen (secondary N) is 1. The van der Waals surface area contributed by atoms with Crippen molar-refractivity contribution in [2.45, 2.75) is 6.92 Å². The molecule has 0 radical (unpaired) electrons. The van der Waals surface area contributed by atoms with Crippen LogP contribution in [0.1, 0.15) is 12.5 Å². The highest BCUT2D eigenvalue weighted by Crippen LogP contribution is 2.35. The van der Waals surface area contributed by atoms with Crippen LogP contribution in [0.2, 0.25) is 5.02 Å². The second-order valence-corrected chi connectivity index (χ2v) is 6.57. The fourth-order valence-electron chi connectivity index (χ4n) is 2.21. The molecule has 0 aromatic heterocycles. The van der Waals surface area contributed by atoms with Crippen molar-refractivity contribution in [2.24, 2.45) is 0 Å². The third-order valence-corrected chi connectivity index (χ3v) is 4.46. The lowest BCUT2D eigenvalue weighted by molar-refractivity contribution is -0.112. The molecule has 0 spiro atoms. The normalized spacial score (nSPS) is 10.5. The maximum absolute atomic E-state index is 12.5. The maximum atomic E-state index is 12.5. The van der Waals surface area contributed by atoms with Gasteiger partial charge in [0.05, 0.1) is 17.3 Å². The fraction of sp³-hybridized carbons (Fsp3) is 0.150. The average molecular weight is 461 g/mol. The first-order valence-corrected chi connectivity index (χ1v) is 9.31. The highest BCUT2D eigenvalue weighted by molar-refractivity contribution is 9.10. The van der Waals surface area contributed by atoms with Crippen LogP contribution in [0.4, 0.5) is 5.69 Å². The number of rotatable bonds is 7. The number of amides is 1. The predicted octanol–water partition coefficient (Wildman–Crippen LogP) is 4.95. The van der Waals surface area contributed by atoms with Gasteiger partial charge in [0, 0.05) is 4.47 Å². The van der Waals surface area contributed by atoms with Crippen LogP contribution in [0.3, 0.4) is 0 Å². The smallest absolute Gasteiger partial charge is 0.266 e. The summed E-state index contributed by atoms with van der Waals surface area (Å²) in [7, 11) is 0. The molecule has 0 saturated carbocycles. The minimum absolute atomic E-state index is 0.117. The van der Waals surface area contributed by atoms with Gasteiger partial charge < -0.3 is 14.8 Å². The molecule has 0 heterocycles. The van der Waals surface area contributed by atoms with Gasteiger partial charge in [-0.25, -0.2) is 0 Å². The van der Waals surface area contributed by atoms with Crippen LogP contribution in [0, 0.1) is 22.7 Å². The van der Waals surface area contributed by atoms with E-state index in [1.165, 1.54) is 6.08 Å². The van der Waals surface area contributed by atoms with Gasteiger partial charge in [-0.2, -0.15) is 10.5 Å². The summed E-state index contributed by atoms with van der Waals surface area (Å²) in [5, 5.41) is 21.1. The summed E-state index contributed by atoms with van der Waals surface area (Å²) >= 11 is 9.42. The first-order chi connectivity index (χ1) is 13.5. The predicted molar refractivity (Wildman–Crippen MR) is 110 cm³/mol. The maximum Gasteiger partial charge on any atom is 0.266 e. The van der Waals surface area contributed by atoms with Gasteiger partial charge in [-0.1, -0.05) is 39.7 Å². The van der Waals surface area contributed by atoms with Crippen molar-refractivity contribution in [3.05, 3.63) is 57.0 Å². The third kappa shape index (κ3) is 5.50. The minimum atomic E-state index is -0.592. The Labute approximate surface area is 176 Å². The standard InChI is InChI=1S/C20H15BrClN3O3/c1-2-27-18-10-13(15(21)11-19(18)28-8-7-23)9-14(12-24)20(26)25-17-6-4-3-5-16(17)22/h3-6,9-11H,2,8H2,1H3,(H,25,26)/b14-9+. The van der Waals surface area contributed by atoms with Crippen molar-refractivity contribution in [3.63, 3.8) is 0 Å². The Bertz CT molecular complexity index is 993. The lowest BCUT2D eigenvalue weighted by Gasteiger charge is -2.12. The SMILES string of the molecule is CCOc1cc(/C=C(\C#N)C(=O)Nc2ccccc2Cl)c(Br)cc1OCC#N. The summed E-state index contributed by atoms with van der Waals surface area (Å²) in [6.07, 6.45) is 1.42. The molecule has 0 atom stereocenters. The van der Waals surface area contributed by atoms with Gasteiger partial charge in [-0.15, -0.1) is 0 Å². The zero-order valence-corrected chi connectivity index (χ0v) is 17.2. The number of ether oxygens (including phenoxy) is 2. The largest absolute Gasteiger partial charge is 0.490 e. The second-order valence-electron chi connectivity index (χ2n) is 5.30. The summed E-state index contributed by atoms with van der Waals surface area (Å²) in [4.78, 5) is 12.5. The molecule has 6 nitrogen and oxygen atoms in total. The van der Waals surface area contributed by atoms with Crippen LogP contribution in [-0.2, 0) is 4.79 Å². The monoisotopic (exact) mass is 459 g/mol. The van der Waals surface area contributed by atoms with Crippen LogP contribution in [0.15, 0.2) is 46.4 Å². The Hall–Kier alpha value is -3.00. The van der Waals surface area contributed by atoms with Gasteiger partial charge in [0.1, 0.15) is 17.7 Å². The van der Waals surface area contributed by atoms with E-state index in [9.17, 15) is 10.1 Å². The number of nitriles is 2. The summed E-state index contributed by atoms with van der Waals surface area (Å²) in [5.74, 6) is 0.188. The summed E-state index contributed by atoms with van der Waals surface area (Å²) in [6.45, 7) is 2.06. The molecule has 0 aliphatic heterocycles. The molecule has 0 unspecified atom stereocenters. The van der Waals surface area contributed by atoms with Crippen LogP contribution >= 0.6 is 27.5 Å². The van der Waals surface area contributed by atoms with E-state index in [1.807, 2.05) is 19.1 Å². The van der Waals surface area contributed by atoms with Crippen LogP contribution in [0.5, 0.6) is 11.5 Å². The Balaban J connectivity index is 2.36. The van der Waals surface area contributed by atoms with Gasteiger partial charge >= 0.3 is 0 Å². The Kier molecular flexibility index (Phi) is 7.88. The van der Waals surface area contributed by atoms with Crippen molar-refractivity contribution < 1.29 is 14.3 Å². The molecule has 142 valence electrons. The summed E-state index contributed by atoms with van der Waals surface area (Å²) < 4.78 is 11.5. The number of hydrogen-bond acceptors (Lipinski definition) is 5. The average Bonchev–Trinajstić information content (AvgIpc) is 2.68. The molecule has 2 aromatic carbocycles. The molecule has 0 saturated heterocycles. The second kappa shape index (κ2) is 10.4. The van der Waals surface area contributed by atoms with E-state index in [-0.39, 0.29) is 12.2 Å². The van der Waals surface area contributed by atoms with Crippen LogP contribution in [-0.4, -0.2) is 19.1 Å². The van der Waals surface area contributed by atoms with E-state index in [0.29, 0.717) is 38.9 Å². The molecule has 0 aliphatic carbocycles. The quantitative estimate of drug-likeness (QED) is 0.466. The molecule has 2 rings (SSSR count). The minimum Gasteiger partial charge on any atom is -0.490 e. The molecular weight excluding hydrogens is 446 g/mol. The third-order valence-electron chi connectivity index (χ3n) is 3.44. The molecule has 1 N–H and O–H groups in total. The number of para-hydroxylation sites is 1. The van der Waals surface area contributed by atoms with E-state index >= 15 is 0 Å². The fourth-order valence-corrected chi connectivity index (χ4v) is 2.83. The molecule has 0 aliphatic rings. The highest BCUT2D eigenvalue weighted by Gasteiger charge is 2.15. The first kappa shape index (κ1) is 21.3. The Morgan fingerprint density at radius 2 is 1.96 bits per heavy atom. The number of benzene rings is 2. The van der Waals surface area contributed by atoms with Crippen molar-refractivity contribution in [3.8, 4) is 23.6 Å². The lowest BCUT2D eigenvalue weighted by atomic mass is 10.1. The molecule has 28 heavy (non-hydrogen) atoms. The molecule has 2 aromatic rings. The molecule has 0 fully saturated rings. The van der Waals surface area contributed by atoms with Crippen LogP contribution in [0.25, 0.3) is 6.08 Å². The van der Waals surface area contributed by atoms with Gasteiger partial charge in [0.2, 0.25) is 0 Å². The number of carbonyl (C=O) groups excluding carboxylic acids is 1. The number of nitrogens with zero attached hydrogens (tertiary/aromatic N) is 2. The summed E-state index contributed by atoms with van der Waals surface area (Å²) in [5.41, 5.74) is 0.831. The Morgan fingerprint density at radius 3 is 2.61 bits per heavy atom. The summed E-state index contributed by atoms with van der Waals surface area (Å²) in [6, 6.07) is 13.8. The topological polar surface area (TPSA) is 95.1 Å². The van der Waals surface area contributed by atoms with E-state index < -0.39 is 5.91 Å². The zero-order valence-electron chi connectivity index (χ0n) is 14.8. The van der Waals surface area contributed by atoms with E-state index in [1.54, 1.807) is 36.4 Å². The number of anilines is 1. The van der Waals surface area contributed by atoms with Crippen molar-refractivity contribution in [1.29, 1.82) is 10.5 Å². The Morgan fingerprint density at radius 1 is 1.25 bits per heavy atom. The van der Waals surface area contributed by atoms with Crippen molar-refractivity contribution in [1.82, 2.24) is 0 Å². The number of carbonyl (C=O) groups is 1. The lowest BCUT2D eigenvalue weighted by Crippen LogP contribution is -2.13. The highest BCUT2D eigenvalue weighted by atomic mass is 79.9. The van der Waals surface area contributed by atoms with Gasteiger partial charge in [-0.05, 0) is 42.8 Å². The van der Waals surface area contributed by atoms with Crippen molar-refractivity contribution >= 4 is 45.2 Å². The van der Waals surface area contributed by atoms with Gasteiger partial charge in [0.25, 0.3) is 5.91 Å². The number of hydrogen-bond donors (Lipinski definition) is 1. The van der Waals surface area contributed by atoms with E-state index in [2.05, 4.69) is 21.2 Å². The van der Waals surface area contributed by atoms with Crippen LogP contribution < -0.4 is 14.8 Å². The molecule has 0 bridgehead atoms. The number of halogens is 2.